The lowest BCUT2D eigenvalue weighted by Gasteiger charge is -2.33. The Kier molecular flexibility index (Phi) is 3.77. The van der Waals surface area contributed by atoms with E-state index in [0.717, 1.165) is 20.1 Å². The first-order chi connectivity index (χ1) is 13.3. The Hall–Kier alpha value is -3.31. The Balaban J connectivity index is 2.28. The highest BCUT2D eigenvalue weighted by molar-refractivity contribution is 6.58. The summed E-state index contributed by atoms with van der Waals surface area (Å²) < 4.78 is 34.0. The van der Waals surface area contributed by atoms with Crippen molar-refractivity contribution >= 4 is 18.3 Å². The van der Waals surface area contributed by atoms with Crippen LogP contribution in [-0.2, 0) is 0 Å². The summed E-state index contributed by atoms with van der Waals surface area (Å²) in [5, 5.41) is 0. The molecule has 0 unspecified atom stereocenters. The fourth-order valence-electron chi connectivity index (χ4n) is 4.64. The standard InChI is InChI=1S/C23H19BF2N2/c1-7-19-14(3)22-21(18-12-10-9-11-13-18)23-15(4)20(8-2)17(6)28(23)24(25,26)27(22)16(19)5/h1-2,9-13H,3-6H3. The number of halogens is 2. The highest BCUT2D eigenvalue weighted by Gasteiger charge is 2.56. The molecule has 2 aliphatic heterocycles. The molecular weight excluding hydrogens is 353 g/mol. The molecule has 5 heteroatoms. The van der Waals surface area contributed by atoms with Crippen LogP contribution in [0.4, 0.5) is 8.63 Å². The maximum Gasteiger partial charge on any atom is 0.737 e. The zero-order valence-electron chi connectivity index (χ0n) is 16.3. The van der Waals surface area contributed by atoms with Crippen LogP contribution >= 0.6 is 0 Å². The summed E-state index contributed by atoms with van der Waals surface area (Å²) in [5.41, 5.74) is 5.73. The minimum atomic E-state index is -4.13. The normalized spacial score (nSPS) is 17.4. The third-order valence-corrected chi connectivity index (χ3v) is 5.83. The van der Waals surface area contributed by atoms with Gasteiger partial charge >= 0.3 is 6.97 Å². The van der Waals surface area contributed by atoms with E-state index in [1.165, 1.54) is 0 Å². The van der Waals surface area contributed by atoms with E-state index >= 15 is 8.63 Å². The van der Waals surface area contributed by atoms with Crippen LogP contribution in [0.3, 0.4) is 0 Å². The summed E-state index contributed by atoms with van der Waals surface area (Å²) in [6, 6.07) is 9.55. The van der Waals surface area contributed by atoms with Gasteiger partial charge in [0, 0.05) is 29.4 Å². The van der Waals surface area contributed by atoms with Crippen LogP contribution in [0.2, 0.25) is 0 Å². The Morgan fingerprint density at radius 2 is 1.64 bits per heavy atom. The number of aromatic nitrogens is 1. The molecule has 2 nitrogen and oxygen atoms in total. The van der Waals surface area contributed by atoms with Crippen LogP contribution in [0, 0.1) is 38.5 Å². The Labute approximate surface area is 163 Å². The van der Waals surface area contributed by atoms with E-state index in [4.69, 9.17) is 12.8 Å². The van der Waals surface area contributed by atoms with Crippen LogP contribution in [-0.4, -0.2) is 21.6 Å². The largest absolute Gasteiger partial charge is 0.737 e. The second kappa shape index (κ2) is 5.84. The zero-order valence-corrected chi connectivity index (χ0v) is 16.3. The molecule has 28 heavy (non-hydrogen) atoms. The lowest BCUT2D eigenvalue weighted by atomic mass is 9.84. The summed E-state index contributed by atoms with van der Waals surface area (Å²) >= 11 is 0. The Bertz CT molecular complexity index is 1230. The third-order valence-electron chi connectivity index (χ3n) is 5.83. The Morgan fingerprint density at radius 3 is 2.21 bits per heavy atom. The number of terminal acetylenes is 2. The highest BCUT2D eigenvalue weighted by atomic mass is 19.2. The third kappa shape index (κ3) is 2.02. The second-order valence-corrected chi connectivity index (χ2v) is 7.23. The summed E-state index contributed by atoms with van der Waals surface area (Å²) in [5.74, 6) is 5.20. The fraction of sp³-hybridized carbons (Fsp3) is 0.174. The van der Waals surface area contributed by atoms with Gasteiger partial charge in [0.05, 0.1) is 11.1 Å². The van der Waals surface area contributed by atoms with Crippen molar-refractivity contribution in [2.75, 3.05) is 0 Å². The van der Waals surface area contributed by atoms with E-state index in [2.05, 4.69) is 11.8 Å². The molecule has 0 radical (unpaired) electrons. The molecule has 4 rings (SSSR count). The molecule has 0 N–H and O–H groups in total. The van der Waals surface area contributed by atoms with Crippen LogP contribution < -0.4 is 0 Å². The van der Waals surface area contributed by atoms with Gasteiger partial charge < -0.3 is 17.6 Å². The van der Waals surface area contributed by atoms with Gasteiger partial charge in [-0.15, -0.1) is 12.8 Å². The monoisotopic (exact) mass is 372 g/mol. The number of fused-ring (bicyclic) bond motifs is 2. The van der Waals surface area contributed by atoms with E-state index < -0.39 is 6.97 Å². The van der Waals surface area contributed by atoms with Gasteiger partial charge in [0.2, 0.25) is 0 Å². The van der Waals surface area contributed by atoms with Crippen molar-refractivity contribution in [3.05, 3.63) is 75.3 Å². The maximum atomic E-state index is 15.9. The van der Waals surface area contributed by atoms with Crippen molar-refractivity contribution in [1.29, 1.82) is 0 Å². The van der Waals surface area contributed by atoms with Gasteiger partial charge in [-0.2, -0.15) is 0 Å². The number of nitrogens with zero attached hydrogens (tertiary/aromatic N) is 2. The number of rotatable bonds is 1. The van der Waals surface area contributed by atoms with Crippen LogP contribution in [0.1, 0.15) is 41.9 Å². The summed E-state index contributed by atoms with van der Waals surface area (Å²) in [6.45, 7) is 2.80. The van der Waals surface area contributed by atoms with Crippen LogP contribution in [0.15, 0.2) is 47.2 Å². The smallest absolute Gasteiger partial charge is 0.392 e. The first-order valence-electron chi connectivity index (χ1n) is 9.09. The molecule has 1 aromatic carbocycles. The van der Waals surface area contributed by atoms with Crippen molar-refractivity contribution in [2.24, 2.45) is 0 Å². The maximum absolute atomic E-state index is 15.9. The molecule has 0 saturated heterocycles. The Morgan fingerprint density at radius 1 is 1.00 bits per heavy atom. The van der Waals surface area contributed by atoms with Crippen molar-refractivity contribution in [3.63, 3.8) is 0 Å². The van der Waals surface area contributed by atoms with E-state index in [-0.39, 0.29) is 0 Å². The fourth-order valence-corrected chi connectivity index (χ4v) is 4.64. The molecule has 2 aliphatic rings. The summed E-state index contributed by atoms with van der Waals surface area (Å²) in [6.07, 6.45) is 11.4. The molecule has 2 aromatic rings. The molecular formula is C23H19BF2N2. The predicted octanol–water partition coefficient (Wildman–Crippen LogP) is 4.52. The molecule has 0 saturated carbocycles. The summed E-state index contributed by atoms with van der Waals surface area (Å²) in [4.78, 5) is 0. The van der Waals surface area contributed by atoms with Gasteiger partial charge in [-0.1, -0.05) is 42.2 Å². The SMILES string of the molecule is C#CC1=C(C)C2=C(c3ccccc3)c3c(C)c(C#C)c(C)n3[B-](F)(F)[N+]2=C1C. The molecule has 3 heterocycles. The zero-order chi connectivity index (χ0) is 20.4. The van der Waals surface area contributed by atoms with E-state index in [9.17, 15) is 0 Å². The number of allylic oxidation sites excluding steroid dienone is 2. The minimum Gasteiger partial charge on any atom is -0.392 e. The van der Waals surface area contributed by atoms with Gasteiger partial charge in [0.1, 0.15) is 5.71 Å². The number of hydrogen-bond acceptors (Lipinski definition) is 0. The van der Waals surface area contributed by atoms with Crippen LogP contribution in [0.25, 0.3) is 5.57 Å². The average Bonchev–Trinajstić information content (AvgIpc) is 3.07. The highest BCUT2D eigenvalue weighted by Crippen LogP contribution is 2.46. The van der Waals surface area contributed by atoms with Gasteiger partial charge in [-0.25, -0.2) is 0 Å². The topological polar surface area (TPSA) is 7.94 Å². The number of benzene rings is 1. The molecule has 0 amide bonds. The molecule has 0 aliphatic carbocycles. The van der Waals surface area contributed by atoms with E-state index in [1.807, 2.05) is 44.2 Å². The lowest BCUT2D eigenvalue weighted by molar-refractivity contribution is -0.363. The molecule has 138 valence electrons. The second-order valence-electron chi connectivity index (χ2n) is 7.23. The van der Waals surface area contributed by atoms with Crippen molar-refractivity contribution in [2.45, 2.75) is 27.7 Å². The van der Waals surface area contributed by atoms with Crippen LogP contribution in [0.5, 0.6) is 0 Å². The van der Waals surface area contributed by atoms with Gasteiger partial charge in [0.15, 0.2) is 5.70 Å². The molecule has 0 bridgehead atoms. The lowest BCUT2D eigenvalue weighted by Crippen LogP contribution is -2.51. The van der Waals surface area contributed by atoms with Gasteiger partial charge in [0.25, 0.3) is 0 Å². The van der Waals surface area contributed by atoms with Gasteiger partial charge in [-0.3, -0.25) is 0 Å². The van der Waals surface area contributed by atoms with Crippen molar-refractivity contribution in [3.8, 4) is 24.7 Å². The molecule has 1 aromatic heterocycles. The minimum absolute atomic E-state index is 0.395. The van der Waals surface area contributed by atoms with Gasteiger partial charge in [-0.05, 0) is 31.9 Å². The molecule has 0 atom stereocenters. The first-order valence-corrected chi connectivity index (χ1v) is 9.09. The quantitative estimate of drug-likeness (QED) is 0.514. The van der Waals surface area contributed by atoms with Crippen molar-refractivity contribution in [1.82, 2.24) is 4.48 Å². The first kappa shape index (κ1) is 18.1. The average molecular weight is 372 g/mol. The molecule has 0 fully saturated rings. The van der Waals surface area contributed by atoms with E-state index in [1.54, 1.807) is 13.8 Å². The summed E-state index contributed by atoms with van der Waals surface area (Å²) in [7, 11) is 0. The molecule has 0 spiro atoms. The predicted molar refractivity (Wildman–Crippen MR) is 110 cm³/mol. The number of hydrogen-bond donors (Lipinski definition) is 0. The van der Waals surface area contributed by atoms with E-state index in [0.29, 0.717) is 45.1 Å². The van der Waals surface area contributed by atoms with Crippen molar-refractivity contribution < 1.29 is 13.1 Å².